The zero-order valence-electron chi connectivity index (χ0n) is 14.6. The van der Waals surface area contributed by atoms with Crippen LogP contribution in [0.2, 0.25) is 0 Å². The lowest BCUT2D eigenvalue weighted by Gasteiger charge is -2.08. The largest absolute Gasteiger partial charge is 0.369 e. The van der Waals surface area contributed by atoms with Gasteiger partial charge in [-0.1, -0.05) is 0 Å². The number of aromatic nitrogens is 6. The topological polar surface area (TPSA) is 73.5 Å². The molecule has 0 unspecified atom stereocenters. The van der Waals surface area contributed by atoms with Crippen LogP contribution >= 0.6 is 0 Å². The van der Waals surface area contributed by atoms with Crippen LogP contribution < -0.4 is 5.32 Å². The molecule has 0 bridgehead atoms. The van der Waals surface area contributed by atoms with Crippen molar-refractivity contribution in [1.29, 1.82) is 0 Å². The molecule has 0 saturated heterocycles. The molecule has 0 aliphatic rings. The third-order valence-corrected chi connectivity index (χ3v) is 3.80. The van der Waals surface area contributed by atoms with Crippen LogP contribution in [0.15, 0.2) is 24.5 Å². The Kier molecular flexibility index (Phi) is 4.59. The van der Waals surface area contributed by atoms with E-state index in [2.05, 4.69) is 38.5 Å². The van der Waals surface area contributed by atoms with Gasteiger partial charge in [-0.25, -0.2) is 9.67 Å². The molecule has 3 heterocycles. The van der Waals surface area contributed by atoms with Gasteiger partial charge in [-0.2, -0.15) is 10.2 Å². The standard InChI is InChI=1S/C17H23N7/c1-12-8-14(3)23(21-12)7-5-6-19-16-10-18-11-17(20-16)24-15(4)9-13(2)22-24/h8-11H,5-7H2,1-4H3,(H,19,20). The maximum absolute atomic E-state index is 4.59. The van der Waals surface area contributed by atoms with Crippen molar-refractivity contribution in [3.63, 3.8) is 0 Å². The van der Waals surface area contributed by atoms with Crippen molar-refractivity contribution in [2.75, 3.05) is 11.9 Å². The molecule has 24 heavy (non-hydrogen) atoms. The number of aryl methyl sites for hydroxylation is 5. The highest BCUT2D eigenvalue weighted by Gasteiger charge is 2.06. The molecular formula is C17H23N7. The average molecular weight is 325 g/mol. The van der Waals surface area contributed by atoms with E-state index in [1.165, 1.54) is 5.69 Å². The van der Waals surface area contributed by atoms with Gasteiger partial charge in [0.25, 0.3) is 0 Å². The quantitative estimate of drug-likeness (QED) is 0.705. The maximum Gasteiger partial charge on any atom is 0.174 e. The predicted molar refractivity (Wildman–Crippen MR) is 93.4 cm³/mol. The summed E-state index contributed by atoms with van der Waals surface area (Å²) in [6, 6.07) is 4.12. The fourth-order valence-electron chi connectivity index (χ4n) is 2.75. The molecular weight excluding hydrogens is 302 g/mol. The number of hydrogen-bond donors (Lipinski definition) is 1. The molecule has 3 aromatic rings. The molecule has 0 amide bonds. The molecule has 0 aromatic carbocycles. The minimum absolute atomic E-state index is 0.726. The van der Waals surface area contributed by atoms with Gasteiger partial charge >= 0.3 is 0 Å². The number of hydrogen-bond acceptors (Lipinski definition) is 5. The van der Waals surface area contributed by atoms with Gasteiger partial charge in [0, 0.05) is 24.5 Å². The fraction of sp³-hybridized carbons (Fsp3) is 0.412. The molecule has 0 aliphatic heterocycles. The van der Waals surface area contributed by atoms with E-state index in [1.807, 2.05) is 36.2 Å². The summed E-state index contributed by atoms with van der Waals surface area (Å²) in [6.07, 6.45) is 4.42. The molecule has 0 atom stereocenters. The summed E-state index contributed by atoms with van der Waals surface area (Å²) in [5, 5.41) is 12.2. The van der Waals surface area contributed by atoms with Gasteiger partial charge < -0.3 is 5.32 Å². The first kappa shape index (κ1) is 16.2. The number of anilines is 1. The van der Waals surface area contributed by atoms with E-state index < -0.39 is 0 Å². The summed E-state index contributed by atoms with van der Waals surface area (Å²) in [4.78, 5) is 8.85. The summed E-state index contributed by atoms with van der Waals surface area (Å²) in [5.74, 6) is 1.48. The van der Waals surface area contributed by atoms with Crippen molar-refractivity contribution in [3.8, 4) is 5.82 Å². The van der Waals surface area contributed by atoms with Crippen LogP contribution in [0.3, 0.4) is 0 Å². The highest BCUT2D eigenvalue weighted by atomic mass is 15.3. The second kappa shape index (κ2) is 6.82. The third kappa shape index (κ3) is 3.61. The Morgan fingerprint density at radius 2 is 1.71 bits per heavy atom. The number of nitrogens with one attached hydrogen (secondary N) is 1. The summed E-state index contributed by atoms with van der Waals surface area (Å²) in [6.45, 7) is 9.78. The van der Waals surface area contributed by atoms with Crippen LogP contribution in [0.5, 0.6) is 0 Å². The van der Waals surface area contributed by atoms with Crippen molar-refractivity contribution in [1.82, 2.24) is 29.5 Å². The highest BCUT2D eigenvalue weighted by Crippen LogP contribution is 2.11. The Labute approximate surface area is 141 Å². The summed E-state index contributed by atoms with van der Waals surface area (Å²) < 4.78 is 3.85. The Hall–Kier alpha value is -2.70. The summed E-state index contributed by atoms with van der Waals surface area (Å²) in [7, 11) is 0. The van der Waals surface area contributed by atoms with Crippen molar-refractivity contribution >= 4 is 5.82 Å². The normalized spacial score (nSPS) is 11.0. The van der Waals surface area contributed by atoms with Gasteiger partial charge in [0.15, 0.2) is 5.82 Å². The van der Waals surface area contributed by atoms with Gasteiger partial charge in [0.05, 0.1) is 23.8 Å². The zero-order valence-corrected chi connectivity index (χ0v) is 14.6. The third-order valence-electron chi connectivity index (χ3n) is 3.80. The second-order valence-electron chi connectivity index (χ2n) is 6.03. The summed E-state index contributed by atoms with van der Waals surface area (Å²) in [5.41, 5.74) is 4.27. The van der Waals surface area contributed by atoms with Gasteiger partial charge in [-0.3, -0.25) is 9.67 Å². The van der Waals surface area contributed by atoms with Crippen molar-refractivity contribution in [2.45, 2.75) is 40.7 Å². The second-order valence-corrected chi connectivity index (χ2v) is 6.03. The molecule has 0 spiro atoms. The van der Waals surface area contributed by atoms with Gasteiger partial charge in [0.2, 0.25) is 0 Å². The lowest BCUT2D eigenvalue weighted by molar-refractivity contribution is 0.573. The van der Waals surface area contributed by atoms with Crippen LogP contribution in [0.25, 0.3) is 5.82 Å². The molecule has 3 rings (SSSR count). The molecule has 7 nitrogen and oxygen atoms in total. The Bertz CT molecular complexity index is 831. The van der Waals surface area contributed by atoms with Crippen molar-refractivity contribution in [2.24, 2.45) is 0 Å². The number of nitrogens with zero attached hydrogens (tertiary/aromatic N) is 6. The van der Waals surface area contributed by atoms with Crippen LogP contribution in [0.1, 0.15) is 29.2 Å². The highest BCUT2D eigenvalue weighted by molar-refractivity contribution is 5.36. The van der Waals surface area contributed by atoms with Crippen molar-refractivity contribution in [3.05, 3.63) is 47.3 Å². The molecule has 0 aliphatic carbocycles. The molecule has 0 fully saturated rings. The van der Waals surface area contributed by atoms with E-state index in [0.29, 0.717) is 0 Å². The molecule has 3 aromatic heterocycles. The van der Waals surface area contributed by atoms with E-state index in [0.717, 1.165) is 48.2 Å². The van der Waals surface area contributed by atoms with E-state index in [-0.39, 0.29) is 0 Å². The fourth-order valence-corrected chi connectivity index (χ4v) is 2.75. The Morgan fingerprint density at radius 1 is 0.958 bits per heavy atom. The zero-order chi connectivity index (χ0) is 17.1. The summed E-state index contributed by atoms with van der Waals surface area (Å²) >= 11 is 0. The minimum atomic E-state index is 0.726. The van der Waals surface area contributed by atoms with E-state index in [1.54, 1.807) is 12.4 Å². The first-order valence-electron chi connectivity index (χ1n) is 8.13. The first-order chi connectivity index (χ1) is 11.5. The molecule has 1 N–H and O–H groups in total. The average Bonchev–Trinajstić information content (AvgIpc) is 3.05. The van der Waals surface area contributed by atoms with Crippen molar-refractivity contribution < 1.29 is 0 Å². The smallest absolute Gasteiger partial charge is 0.174 e. The van der Waals surface area contributed by atoms with E-state index in [4.69, 9.17) is 0 Å². The Balaban J connectivity index is 1.59. The molecule has 0 saturated carbocycles. The lowest BCUT2D eigenvalue weighted by atomic mass is 10.4. The van der Waals surface area contributed by atoms with Crippen LogP contribution in [0, 0.1) is 27.7 Å². The van der Waals surface area contributed by atoms with Crippen LogP contribution in [-0.4, -0.2) is 36.1 Å². The lowest BCUT2D eigenvalue weighted by Crippen LogP contribution is -2.11. The monoisotopic (exact) mass is 325 g/mol. The maximum atomic E-state index is 4.59. The number of rotatable bonds is 6. The SMILES string of the molecule is Cc1cc(C)n(CCCNc2cncc(-n3nc(C)cc3C)n2)n1. The van der Waals surface area contributed by atoms with Gasteiger partial charge in [-0.15, -0.1) is 0 Å². The van der Waals surface area contributed by atoms with Crippen LogP contribution in [0.4, 0.5) is 5.82 Å². The predicted octanol–water partition coefficient (Wildman–Crippen LogP) is 2.59. The van der Waals surface area contributed by atoms with Gasteiger partial charge in [-0.05, 0) is 46.2 Å². The molecule has 7 heteroatoms. The van der Waals surface area contributed by atoms with Crippen LogP contribution in [-0.2, 0) is 6.54 Å². The van der Waals surface area contributed by atoms with E-state index in [9.17, 15) is 0 Å². The Morgan fingerprint density at radius 3 is 2.38 bits per heavy atom. The van der Waals surface area contributed by atoms with E-state index >= 15 is 0 Å². The first-order valence-corrected chi connectivity index (χ1v) is 8.13. The molecule has 0 radical (unpaired) electrons. The minimum Gasteiger partial charge on any atom is -0.369 e. The van der Waals surface area contributed by atoms with Gasteiger partial charge in [0.1, 0.15) is 5.82 Å². The molecule has 126 valence electrons.